The van der Waals surface area contributed by atoms with Gasteiger partial charge in [-0.3, -0.25) is 14.4 Å². The zero-order valence-electron chi connectivity index (χ0n) is 19.2. The topological polar surface area (TPSA) is 104 Å². The molecule has 2 atom stereocenters. The van der Waals surface area contributed by atoms with Crippen LogP contribution in [0, 0.1) is 6.92 Å². The lowest BCUT2D eigenvalue weighted by Gasteiger charge is -2.31. The van der Waals surface area contributed by atoms with Crippen LogP contribution in [0.1, 0.15) is 48.7 Å². The number of amides is 3. The van der Waals surface area contributed by atoms with Crippen LogP contribution < -0.4 is 5.32 Å². The van der Waals surface area contributed by atoms with Crippen molar-refractivity contribution in [2.75, 3.05) is 6.54 Å². The first-order chi connectivity index (χ1) is 15.6. The van der Waals surface area contributed by atoms with E-state index in [1.165, 1.54) is 23.1 Å². The highest BCUT2D eigenvalue weighted by Gasteiger charge is 2.43. The number of aryl methyl sites for hydroxylation is 1. The van der Waals surface area contributed by atoms with Gasteiger partial charge in [-0.25, -0.2) is 12.7 Å². The summed E-state index contributed by atoms with van der Waals surface area (Å²) in [6, 6.07) is 12.4. The smallest absolute Gasteiger partial charge is 0.269 e. The predicted octanol–water partition coefficient (Wildman–Crippen LogP) is 2.47. The van der Waals surface area contributed by atoms with E-state index in [9.17, 15) is 22.8 Å². The molecule has 0 unspecified atom stereocenters. The van der Waals surface area contributed by atoms with Gasteiger partial charge < -0.3 is 10.2 Å². The number of hydrogen-bond donors (Lipinski definition) is 1. The molecule has 1 aliphatic rings. The Morgan fingerprint density at radius 2 is 1.70 bits per heavy atom. The lowest BCUT2D eigenvalue weighted by atomic mass is 10.1. The number of carbonyl (C=O) groups excluding carboxylic acids is 3. The Morgan fingerprint density at radius 1 is 1.06 bits per heavy atom. The Morgan fingerprint density at radius 3 is 2.33 bits per heavy atom. The molecule has 0 fully saturated rings. The Hall–Kier alpha value is -3.20. The van der Waals surface area contributed by atoms with Crippen LogP contribution in [0.25, 0.3) is 0 Å². The maximum absolute atomic E-state index is 13.4. The number of benzene rings is 2. The molecule has 1 aliphatic heterocycles. The number of rotatable bonds is 8. The van der Waals surface area contributed by atoms with Crippen molar-refractivity contribution in [2.45, 2.75) is 57.6 Å². The molecule has 0 saturated carbocycles. The summed E-state index contributed by atoms with van der Waals surface area (Å²) in [5.74, 6) is -1.72. The molecular weight excluding hydrogens is 442 g/mol. The summed E-state index contributed by atoms with van der Waals surface area (Å²) in [4.78, 5) is 40.2. The average molecular weight is 472 g/mol. The van der Waals surface area contributed by atoms with E-state index in [-0.39, 0.29) is 29.0 Å². The van der Waals surface area contributed by atoms with Crippen molar-refractivity contribution in [1.82, 2.24) is 14.5 Å². The lowest BCUT2D eigenvalue weighted by molar-refractivity contribution is -0.140. The molecule has 0 aromatic heterocycles. The molecule has 0 radical (unpaired) electrons. The number of hydrogen-bond acceptors (Lipinski definition) is 5. The maximum Gasteiger partial charge on any atom is 0.269 e. The van der Waals surface area contributed by atoms with Gasteiger partial charge in [-0.15, -0.1) is 0 Å². The van der Waals surface area contributed by atoms with Crippen molar-refractivity contribution in [3.05, 3.63) is 65.2 Å². The van der Waals surface area contributed by atoms with E-state index in [2.05, 4.69) is 5.32 Å². The molecule has 3 amide bonds. The minimum atomic E-state index is -4.14. The van der Waals surface area contributed by atoms with Crippen molar-refractivity contribution in [3.8, 4) is 0 Å². The zero-order chi connectivity index (χ0) is 24.3. The summed E-state index contributed by atoms with van der Waals surface area (Å²) < 4.78 is 26.4. The van der Waals surface area contributed by atoms with Gasteiger partial charge in [0.2, 0.25) is 11.8 Å². The molecule has 1 heterocycles. The fourth-order valence-corrected chi connectivity index (χ4v) is 5.14. The predicted molar refractivity (Wildman–Crippen MR) is 124 cm³/mol. The van der Waals surface area contributed by atoms with Gasteiger partial charge >= 0.3 is 0 Å². The Balaban J connectivity index is 1.90. The highest BCUT2D eigenvalue weighted by atomic mass is 32.2. The minimum absolute atomic E-state index is 0.0401. The third kappa shape index (κ3) is 4.93. The van der Waals surface area contributed by atoms with Gasteiger partial charge in [0.1, 0.15) is 17.5 Å². The van der Waals surface area contributed by atoms with E-state index in [1.807, 2.05) is 45.0 Å². The maximum atomic E-state index is 13.4. The van der Waals surface area contributed by atoms with E-state index in [1.54, 1.807) is 13.0 Å². The summed E-state index contributed by atoms with van der Waals surface area (Å²) in [6.07, 6.45) is 0.725. The fourth-order valence-electron chi connectivity index (χ4n) is 3.62. The van der Waals surface area contributed by atoms with Crippen LogP contribution in [0.4, 0.5) is 0 Å². The van der Waals surface area contributed by atoms with Crippen LogP contribution >= 0.6 is 0 Å². The van der Waals surface area contributed by atoms with Gasteiger partial charge in [-0.1, -0.05) is 43.3 Å². The second-order valence-corrected chi connectivity index (χ2v) is 10.1. The average Bonchev–Trinajstić information content (AvgIpc) is 2.98. The van der Waals surface area contributed by atoms with Gasteiger partial charge in [-0.05, 0) is 50.5 Å². The first kappa shape index (κ1) is 24.4. The van der Waals surface area contributed by atoms with Gasteiger partial charge in [0, 0.05) is 12.6 Å². The second-order valence-electron chi connectivity index (χ2n) is 8.25. The molecule has 3 rings (SSSR count). The summed E-state index contributed by atoms with van der Waals surface area (Å²) in [5, 5.41) is 2.87. The van der Waals surface area contributed by atoms with Crippen molar-refractivity contribution in [1.29, 1.82) is 0 Å². The quantitative estimate of drug-likeness (QED) is 0.637. The van der Waals surface area contributed by atoms with Crippen LogP contribution in [0.3, 0.4) is 0 Å². The van der Waals surface area contributed by atoms with E-state index in [4.69, 9.17) is 0 Å². The van der Waals surface area contributed by atoms with Gasteiger partial charge in [-0.2, -0.15) is 0 Å². The molecule has 0 bridgehead atoms. The Labute approximate surface area is 194 Å². The molecular formula is C24H29N3O5S. The summed E-state index contributed by atoms with van der Waals surface area (Å²) in [6.45, 7) is 6.73. The SMILES string of the molecule is CC[C@@H](C)NC(=O)[C@@H](C)N(Cc1ccccc1C)C(=O)CN1C(=O)c2ccccc2S1(=O)=O. The van der Waals surface area contributed by atoms with E-state index in [0.29, 0.717) is 4.31 Å². The van der Waals surface area contributed by atoms with E-state index in [0.717, 1.165) is 17.5 Å². The van der Waals surface area contributed by atoms with Crippen molar-refractivity contribution >= 4 is 27.7 Å². The van der Waals surface area contributed by atoms with Crippen molar-refractivity contribution in [3.63, 3.8) is 0 Å². The van der Waals surface area contributed by atoms with Crippen LogP contribution in [0.2, 0.25) is 0 Å². The van der Waals surface area contributed by atoms with Gasteiger partial charge in [0.15, 0.2) is 0 Å². The largest absolute Gasteiger partial charge is 0.352 e. The second kappa shape index (κ2) is 9.74. The standard InChI is InChI=1S/C24H29N3O5S/c1-5-17(3)25-23(29)18(4)26(14-19-11-7-6-10-16(19)2)22(28)15-27-24(30)20-12-8-9-13-21(20)33(27,31)32/h6-13,17-18H,5,14-15H2,1-4H3,(H,25,29)/t17-,18-/m1/s1. The van der Waals surface area contributed by atoms with Gasteiger partial charge in [0.25, 0.3) is 15.9 Å². The zero-order valence-corrected chi connectivity index (χ0v) is 20.1. The normalized spacial score (nSPS) is 16.1. The highest BCUT2D eigenvalue weighted by Crippen LogP contribution is 2.30. The number of carbonyl (C=O) groups is 3. The molecule has 0 aliphatic carbocycles. The van der Waals surface area contributed by atoms with Gasteiger partial charge in [0.05, 0.1) is 5.56 Å². The molecule has 2 aromatic carbocycles. The molecule has 2 aromatic rings. The molecule has 33 heavy (non-hydrogen) atoms. The molecule has 9 heteroatoms. The Kier molecular flexibility index (Phi) is 7.22. The molecule has 0 spiro atoms. The number of nitrogens with zero attached hydrogens (tertiary/aromatic N) is 2. The molecule has 0 saturated heterocycles. The minimum Gasteiger partial charge on any atom is -0.352 e. The molecule has 8 nitrogen and oxygen atoms in total. The third-order valence-corrected chi connectivity index (χ3v) is 7.75. The first-order valence-corrected chi connectivity index (χ1v) is 12.3. The Bertz CT molecular complexity index is 1180. The number of sulfonamides is 1. The monoisotopic (exact) mass is 471 g/mol. The van der Waals surface area contributed by atoms with Crippen molar-refractivity contribution in [2.24, 2.45) is 0 Å². The third-order valence-electron chi connectivity index (χ3n) is 5.96. The summed E-state index contributed by atoms with van der Waals surface area (Å²) in [7, 11) is -4.14. The molecule has 1 N–H and O–H groups in total. The van der Waals surface area contributed by atoms with E-state index < -0.39 is 34.4 Å². The lowest BCUT2D eigenvalue weighted by Crippen LogP contribution is -2.52. The first-order valence-electron chi connectivity index (χ1n) is 10.9. The highest BCUT2D eigenvalue weighted by molar-refractivity contribution is 7.90. The van der Waals surface area contributed by atoms with E-state index >= 15 is 0 Å². The van der Waals surface area contributed by atoms with Crippen LogP contribution in [0.5, 0.6) is 0 Å². The summed E-state index contributed by atoms with van der Waals surface area (Å²) >= 11 is 0. The number of fused-ring (bicyclic) bond motifs is 1. The van der Waals surface area contributed by atoms with Crippen LogP contribution in [-0.2, 0) is 26.2 Å². The van der Waals surface area contributed by atoms with Crippen molar-refractivity contribution < 1.29 is 22.8 Å². The van der Waals surface area contributed by atoms with Crippen LogP contribution in [-0.4, -0.2) is 54.0 Å². The number of nitrogens with one attached hydrogen (secondary N) is 1. The van der Waals surface area contributed by atoms with Crippen LogP contribution in [0.15, 0.2) is 53.4 Å². The summed E-state index contributed by atoms with van der Waals surface area (Å²) in [5.41, 5.74) is 1.80. The fraction of sp³-hybridized carbons (Fsp3) is 0.375. The molecule has 176 valence electrons.